The van der Waals surface area contributed by atoms with Gasteiger partial charge in [0.1, 0.15) is 12.6 Å². The first-order chi connectivity index (χ1) is 15.3. The van der Waals surface area contributed by atoms with E-state index in [1.54, 1.807) is 57.2 Å². The number of rotatable bonds is 9. The minimum atomic E-state index is -3.77. The number of anilines is 1. The highest BCUT2D eigenvalue weighted by Gasteiger charge is 2.31. The summed E-state index contributed by atoms with van der Waals surface area (Å²) < 4.78 is 26.5. The predicted octanol–water partition coefficient (Wildman–Crippen LogP) is 3.66. The lowest BCUT2D eigenvalue weighted by Crippen LogP contribution is -2.52. The van der Waals surface area contributed by atoms with E-state index in [-0.39, 0.29) is 18.5 Å². The minimum Gasteiger partial charge on any atom is -0.352 e. The highest BCUT2D eigenvalue weighted by molar-refractivity contribution is 7.92. The van der Waals surface area contributed by atoms with Crippen LogP contribution >= 0.6 is 11.6 Å². The Labute approximate surface area is 201 Å². The van der Waals surface area contributed by atoms with Gasteiger partial charge in [0.05, 0.1) is 11.9 Å². The van der Waals surface area contributed by atoms with E-state index in [1.165, 1.54) is 4.90 Å². The molecule has 0 bridgehead atoms. The zero-order valence-corrected chi connectivity index (χ0v) is 21.5. The van der Waals surface area contributed by atoms with Gasteiger partial charge in [-0.15, -0.1) is 0 Å². The van der Waals surface area contributed by atoms with Crippen molar-refractivity contribution in [1.82, 2.24) is 10.2 Å². The molecule has 0 saturated carbocycles. The predicted molar refractivity (Wildman–Crippen MR) is 133 cm³/mol. The number of amides is 2. The van der Waals surface area contributed by atoms with Gasteiger partial charge in [0.25, 0.3) is 0 Å². The van der Waals surface area contributed by atoms with Crippen LogP contribution in [0.15, 0.2) is 42.5 Å². The Morgan fingerprint density at radius 2 is 1.55 bits per heavy atom. The molecule has 1 N–H and O–H groups in total. The molecule has 2 rings (SSSR count). The summed E-state index contributed by atoms with van der Waals surface area (Å²) in [6.45, 7) is 8.62. The number of hydrogen-bond donors (Lipinski definition) is 1. The molecule has 9 heteroatoms. The van der Waals surface area contributed by atoms with Gasteiger partial charge in [-0.2, -0.15) is 0 Å². The fourth-order valence-corrected chi connectivity index (χ4v) is 4.64. The quantitative estimate of drug-likeness (QED) is 0.577. The van der Waals surface area contributed by atoms with E-state index in [0.29, 0.717) is 10.7 Å². The van der Waals surface area contributed by atoms with Crippen LogP contribution in [0.5, 0.6) is 0 Å². The molecule has 2 aromatic rings. The fraction of sp³-hybridized carbons (Fsp3) is 0.417. The third kappa shape index (κ3) is 7.20. The first-order valence-electron chi connectivity index (χ1n) is 10.7. The number of aryl methyl sites for hydroxylation is 2. The molecule has 0 aliphatic rings. The number of hydrogen-bond acceptors (Lipinski definition) is 4. The van der Waals surface area contributed by atoms with Gasteiger partial charge in [0.2, 0.25) is 21.8 Å². The molecule has 0 aromatic heterocycles. The lowest BCUT2D eigenvalue weighted by molar-refractivity contribution is -0.139. The number of nitrogens with one attached hydrogen (secondary N) is 1. The van der Waals surface area contributed by atoms with Crippen LogP contribution in [0.25, 0.3) is 0 Å². The Bertz CT molecular complexity index is 1080. The second kappa shape index (κ2) is 11.0. The first kappa shape index (κ1) is 26.7. The van der Waals surface area contributed by atoms with Crippen LogP contribution in [0.4, 0.5) is 5.69 Å². The van der Waals surface area contributed by atoms with Crippen molar-refractivity contribution >= 4 is 39.1 Å². The molecule has 33 heavy (non-hydrogen) atoms. The largest absolute Gasteiger partial charge is 0.352 e. The first-order valence-corrected chi connectivity index (χ1v) is 12.9. The highest BCUT2D eigenvalue weighted by Crippen LogP contribution is 2.27. The molecule has 0 aliphatic heterocycles. The molecule has 0 heterocycles. The molecule has 2 aromatic carbocycles. The lowest BCUT2D eigenvalue weighted by Gasteiger charge is -2.32. The van der Waals surface area contributed by atoms with E-state index < -0.39 is 28.5 Å². The van der Waals surface area contributed by atoms with Crippen molar-refractivity contribution in [2.45, 2.75) is 53.2 Å². The normalized spacial score (nSPS) is 12.4. The summed E-state index contributed by atoms with van der Waals surface area (Å²) in [6.07, 6.45) is 1.07. The summed E-state index contributed by atoms with van der Waals surface area (Å²) in [5.74, 6) is -0.797. The summed E-state index contributed by atoms with van der Waals surface area (Å²) >= 11 is 5.98. The van der Waals surface area contributed by atoms with Gasteiger partial charge in [-0.25, -0.2) is 8.42 Å². The topological polar surface area (TPSA) is 86.8 Å². The number of halogens is 1. The van der Waals surface area contributed by atoms with Gasteiger partial charge < -0.3 is 10.2 Å². The maximum Gasteiger partial charge on any atom is 0.244 e. The van der Waals surface area contributed by atoms with E-state index in [9.17, 15) is 18.0 Å². The van der Waals surface area contributed by atoms with Crippen LogP contribution in [0.2, 0.25) is 5.02 Å². The van der Waals surface area contributed by atoms with Crippen LogP contribution in [-0.4, -0.2) is 50.0 Å². The molecule has 7 nitrogen and oxygen atoms in total. The van der Waals surface area contributed by atoms with Gasteiger partial charge >= 0.3 is 0 Å². The van der Waals surface area contributed by atoms with Crippen molar-refractivity contribution in [3.63, 3.8) is 0 Å². The zero-order chi connectivity index (χ0) is 24.9. The third-order valence-corrected chi connectivity index (χ3v) is 6.60. The van der Waals surface area contributed by atoms with Crippen molar-refractivity contribution in [3.05, 3.63) is 64.2 Å². The van der Waals surface area contributed by atoms with E-state index in [4.69, 9.17) is 11.6 Å². The standard InChI is InChI=1S/C24H32ClN3O4S/c1-16(2)26-24(30)19(5)27(14-20-10-12-21(25)13-11-20)22(29)15-28(33(6,31)32)23-17(3)8-7-9-18(23)4/h7-13,16,19H,14-15H2,1-6H3,(H,26,30)/t19-/m1/s1. The number of para-hydroxylation sites is 1. The number of benzene rings is 2. The average molecular weight is 494 g/mol. The monoisotopic (exact) mass is 493 g/mol. The molecule has 1 atom stereocenters. The van der Waals surface area contributed by atoms with Gasteiger partial charge in [-0.05, 0) is 63.4 Å². The van der Waals surface area contributed by atoms with Crippen molar-refractivity contribution in [1.29, 1.82) is 0 Å². The Kier molecular flexibility index (Phi) is 8.91. The summed E-state index contributed by atoms with van der Waals surface area (Å²) in [7, 11) is -3.77. The second-order valence-electron chi connectivity index (χ2n) is 8.50. The van der Waals surface area contributed by atoms with Crippen LogP contribution < -0.4 is 9.62 Å². The number of nitrogens with zero attached hydrogens (tertiary/aromatic N) is 2. The molecular formula is C24H32ClN3O4S. The molecule has 0 aliphatic carbocycles. The Morgan fingerprint density at radius 3 is 2.03 bits per heavy atom. The Hall–Kier alpha value is -2.58. The van der Waals surface area contributed by atoms with Crippen LogP contribution in [0.1, 0.15) is 37.5 Å². The summed E-state index contributed by atoms with van der Waals surface area (Å²) in [6, 6.07) is 11.5. The zero-order valence-electron chi connectivity index (χ0n) is 19.9. The van der Waals surface area contributed by atoms with Crippen LogP contribution in [0, 0.1) is 13.8 Å². The van der Waals surface area contributed by atoms with E-state index >= 15 is 0 Å². The summed E-state index contributed by atoms with van der Waals surface area (Å²) in [4.78, 5) is 27.7. The van der Waals surface area contributed by atoms with E-state index in [1.807, 2.05) is 19.9 Å². The average Bonchev–Trinajstić information content (AvgIpc) is 2.70. The van der Waals surface area contributed by atoms with Crippen LogP contribution in [-0.2, 0) is 26.2 Å². The van der Waals surface area contributed by atoms with Gasteiger partial charge in [-0.1, -0.05) is 41.9 Å². The molecule has 0 radical (unpaired) electrons. The maximum atomic E-state index is 13.5. The highest BCUT2D eigenvalue weighted by atomic mass is 35.5. The molecule has 0 unspecified atom stereocenters. The van der Waals surface area contributed by atoms with Crippen molar-refractivity contribution in [2.75, 3.05) is 17.1 Å². The number of carbonyl (C=O) groups excluding carboxylic acids is 2. The van der Waals surface area contributed by atoms with Crippen molar-refractivity contribution < 1.29 is 18.0 Å². The number of carbonyl (C=O) groups is 2. The molecule has 0 spiro atoms. The summed E-state index contributed by atoms with van der Waals surface area (Å²) in [5.41, 5.74) is 2.72. The fourth-order valence-electron chi connectivity index (χ4n) is 3.55. The van der Waals surface area contributed by atoms with Gasteiger partial charge in [0, 0.05) is 17.6 Å². The van der Waals surface area contributed by atoms with E-state index in [2.05, 4.69) is 5.32 Å². The molecule has 0 saturated heterocycles. The van der Waals surface area contributed by atoms with Crippen molar-refractivity contribution in [3.8, 4) is 0 Å². The lowest BCUT2D eigenvalue weighted by atomic mass is 10.1. The molecule has 0 fully saturated rings. The van der Waals surface area contributed by atoms with E-state index in [0.717, 1.165) is 27.3 Å². The third-order valence-electron chi connectivity index (χ3n) is 5.23. The van der Waals surface area contributed by atoms with Gasteiger partial charge in [-0.3, -0.25) is 13.9 Å². The SMILES string of the molecule is Cc1cccc(C)c1N(CC(=O)N(Cc1ccc(Cl)cc1)[C@H](C)C(=O)NC(C)C)S(C)(=O)=O. The molecule has 2 amide bonds. The molecular weight excluding hydrogens is 462 g/mol. The maximum absolute atomic E-state index is 13.5. The smallest absolute Gasteiger partial charge is 0.244 e. The van der Waals surface area contributed by atoms with Gasteiger partial charge in [0.15, 0.2) is 0 Å². The molecule has 180 valence electrons. The second-order valence-corrected chi connectivity index (χ2v) is 10.8. The van der Waals surface area contributed by atoms with Crippen molar-refractivity contribution in [2.24, 2.45) is 0 Å². The Balaban J connectivity index is 2.44. The minimum absolute atomic E-state index is 0.102. The number of sulfonamides is 1. The summed E-state index contributed by atoms with van der Waals surface area (Å²) in [5, 5.41) is 3.38. The van der Waals surface area contributed by atoms with Crippen LogP contribution in [0.3, 0.4) is 0 Å². The Morgan fingerprint density at radius 1 is 1.00 bits per heavy atom.